The zero-order chi connectivity index (χ0) is 53.2. The van der Waals surface area contributed by atoms with Crippen molar-refractivity contribution in [3.8, 4) is 102 Å². The van der Waals surface area contributed by atoms with E-state index in [0.717, 1.165) is 118 Å². The molecule has 80 heavy (non-hydrogen) atoms. The van der Waals surface area contributed by atoms with Crippen LogP contribution >= 0.6 is 0 Å². The molecule has 8 nitrogen and oxygen atoms in total. The smallest absolute Gasteiger partial charge is 0.162 e. The largest absolute Gasteiger partial charge is 0.306 e. The average molecular weight is 1030 g/mol. The topological polar surface area (TPSA) is 83.8 Å². The third-order valence-electron chi connectivity index (χ3n) is 14.4. The Balaban J connectivity index is 1.07. The predicted molar refractivity (Wildman–Crippen MR) is 325 cm³/mol. The molecule has 3 aromatic heterocycles. The molecule has 10 aromatic carbocycles. The maximum absolute atomic E-state index is 5.58. The van der Waals surface area contributed by atoms with E-state index in [0.29, 0.717) is 17.5 Å². The number of fused-ring (bicyclic) bond motifs is 2. The molecular formula is C72H48N8. The molecule has 0 radical (unpaired) electrons. The summed E-state index contributed by atoms with van der Waals surface area (Å²) in [6, 6.07) is 100. The molecule has 0 atom stereocenters. The highest BCUT2D eigenvalue weighted by molar-refractivity contribution is 6.05. The minimum Gasteiger partial charge on any atom is -0.306 e. The number of hydrogen-bond acceptors (Lipinski definition) is 8. The van der Waals surface area contributed by atoms with E-state index in [4.69, 9.17) is 29.9 Å². The Morgan fingerprint density at radius 3 is 0.925 bits per heavy atom. The zero-order valence-electron chi connectivity index (χ0n) is 43.3. The molecule has 14 rings (SSSR count). The van der Waals surface area contributed by atoms with Gasteiger partial charge in [-0.2, -0.15) is 0 Å². The number of benzene rings is 10. The van der Waals surface area contributed by atoms with Crippen LogP contribution in [0.3, 0.4) is 0 Å². The van der Waals surface area contributed by atoms with Crippen molar-refractivity contribution < 1.29 is 0 Å². The Morgan fingerprint density at radius 2 is 0.500 bits per heavy atom. The fourth-order valence-corrected chi connectivity index (χ4v) is 10.6. The van der Waals surface area contributed by atoms with Crippen molar-refractivity contribution in [2.75, 3.05) is 9.80 Å². The van der Waals surface area contributed by atoms with Gasteiger partial charge < -0.3 is 4.90 Å². The van der Waals surface area contributed by atoms with Crippen LogP contribution < -0.4 is 9.80 Å². The maximum Gasteiger partial charge on any atom is 0.162 e. The van der Waals surface area contributed by atoms with Crippen molar-refractivity contribution in [3.05, 3.63) is 291 Å². The summed E-state index contributed by atoms with van der Waals surface area (Å²) in [6.45, 7) is 0. The first kappa shape index (κ1) is 47.5. The summed E-state index contributed by atoms with van der Waals surface area (Å²) in [5.41, 5.74) is 18.0. The monoisotopic (exact) mass is 1020 g/mol. The summed E-state index contributed by atoms with van der Waals surface area (Å²) >= 11 is 0. The second-order valence-corrected chi connectivity index (χ2v) is 19.5. The molecule has 0 spiro atoms. The number of aromatic nitrogens is 6. The van der Waals surface area contributed by atoms with Crippen LogP contribution in [0.5, 0.6) is 0 Å². The minimum atomic E-state index is 0.551. The first-order valence-corrected chi connectivity index (χ1v) is 26.7. The molecule has 1 aliphatic heterocycles. The van der Waals surface area contributed by atoms with Gasteiger partial charge in [0.15, 0.2) is 17.5 Å². The second-order valence-electron chi connectivity index (χ2n) is 19.5. The lowest BCUT2D eigenvalue weighted by atomic mass is 9.91. The molecule has 0 saturated heterocycles. The summed E-state index contributed by atoms with van der Waals surface area (Å²) in [5.74, 6) is 2.53. The van der Waals surface area contributed by atoms with Gasteiger partial charge >= 0.3 is 0 Å². The molecule has 0 bridgehead atoms. The van der Waals surface area contributed by atoms with E-state index in [1.165, 1.54) is 0 Å². The van der Waals surface area contributed by atoms with Crippen molar-refractivity contribution in [2.45, 2.75) is 0 Å². The van der Waals surface area contributed by atoms with Gasteiger partial charge in [-0.3, -0.25) is 4.90 Å². The maximum atomic E-state index is 5.58. The molecule has 8 heteroatoms. The van der Waals surface area contributed by atoms with E-state index in [-0.39, 0.29) is 0 Å². The lowest BCUT2D eigenvalue weighted by Gasteiger charge is -2.40. The van der Waals surface area contributed by atoms with Crippen LogP contribution in [0, 0.1) is 0 Å². The molecule has 376 valence electrons. The van der Waals surface area contributed by atoms with Gasteiger partial charge in [0.25, 0.3) is 0 Å². The lowest BCUT2D eigenvalue weighted by molar-refractivity contribution is 1.09. The van der Waals surface area contributed by atoms with E-state index in [1.807, 2.05) is 84.9 Å². The molecule has 0 unspecified atom stereocenters. The number of nitrogens with zero attached hydrogens (tertiary/aromatic N) is 8. The highest BCUT2D eigenvalue weighted by atomic mass is 15.3. The summed E-state index contributed by atoms with van der Waals surface area (Å²) in [4.78, 5) is 37.1. The van der Waals surface area contributed by atoms with Crippen LogP contribution in [-0.2, 0) is 0 Å². The van der Waals surface area contributed by atoms with Gasteiger partial charge in [0.1, 0.15) is 5.82 Å². The normalized spacial score (nSPS) is 11.7. The van der Waals surface area contributed by atoms with Crippen LogP contribution in [0.1, 0.15) is 0 Å². The van der Waals surface area contributed by atoms with Crippen LogP contribution in [0.15, 0.2) is 291 Å². The molecule has 0 aliphatic carbocycles. The first-order chi connectivity index (χ1) is 39.7. The van der Waals surface area contributed by atoms with Gasteiger partial charge in [-0.1, -0.05) is 237 Å². The molecule has 13 aromatic rings. The van der Waals surface area contributed by atoms with Gasteiger partial charge in [0, 0.05) is 50.6 Å². The van der Waals surface area contributed by atoms with E-state index < -0.39 is 0 Å². The van der Waals surface area contributed by atoms with Gasteiger partial charge in [-0.05, 0) is 59.7 Å². The predicted octanol–water partition coefficient (Wildman–Crippen LogP) is 18.3. The number of rotatable bonds is 11. The molecular weight excluding hydrogens is 977 g/mol. The Labute approximate surface area is 464 Å². The molecule has 0 amide bonds. The quantitative estimate of drug-likeness (QED) is 0.127. The van der Waals surface area contributed by atoms with Gasteiger partial charge in [-0.25, -0.2) is 29.9 Å². The molecule has 0 N–H and O–H groups in total. The molecule has 4 heterocycles. The third kappa shape index (κ3) is 9.12. The Hall–Kier alpha value is -11.0. The van der Waals surface area contributed by atoms with Crippen LogP contribution in [-0.4, -0.2) is 29.9 Å². The minimum absolute atomic E-state index is 0.551. The zero-order valence-corrected chi connectivity index (χ0v) is 43.3. The van der Waals surface area contributed by atoms with Crippen molar-refractivity contribution in [3.63, 3.8) is 0 Å². The van der Waals surface area contributed by atoms with Gasteiger partial charge in [-0.15, -0.1) is 0 Å². The van der Waals surface area contributed by atoms with Crippen molar-refractivity contribution >= 4 is 34.3 Å². The lowest BCUT2D eigenvalue weighted by Crippen LogP contribution is -2.25. The average Bonchev–Trinajstić information content (AvgIpc) is 3.69. The van der Waals surface area contributed by atoms with Crippen molar-refractivity contribution in [1.82, 2.24) is 29.9 Å². The van der Waals surface area contributed by atoms with Crippen LogP contribution in [0.4, 0.5) is 34.3 Å². The van der Waals surface area contributed by atoms with E-state index in [9.17, 15) is 0 Å². The molecule has 1 aliphatic rings. The Morgan fingerprint density at radius 1 is 0.188 bits per heavy atom. The molecule has 0 fully saturated rings. The number of anilines is 6. The Bertz CT molecular complexity index is 4120. The van der Waals surface area contributed by atoms with E-state index >= 15 is 0 Å². The SMILES string of the molecule is c1ccc(-c2cc(-c3cc(-c4nc(-c5ccccc5)cc(-c5ccccc5)n4)c(N4c5ccccc5N(c5cc(-c6ccccc6)nc(-c6ccccc6)n5)c5ccccc54)cc3-c3ccccc3)nc(-c3ccccc3)n2)cc1. The van der Waals surface area contributed by atoms with Gasteiger partial charge in [0.2, 0.25) is 0 Å². The standard InChI is InChI=1S/C72H48N8/c1-8-26-49(27-9-1)56-45-68(79-64-40-22-24-42-66(64)80(67-43-25-23-41-65(67)79)69-48-62(53-34-16-5-17-35-53)74-71(78-69)55-38-20-7-21-39-55)58(72-75-59(50-28-10-2-11-29-50)46-60(76-72)51-30-12-3-13-31-51)44-57(56)63-47-61(52-32-14-4-15-33-52)73-70(77-63)54-36-18-6-19-37-54/h1-48H. The summed E-state index contributed by atoms with van der Waals surface area (Å²) < 4.78 is 0. The summed E-state index contributed by atoms with van der Waals surface area (Å²) in [5, 5.41) is 0. The highest BCUT2D eigenvalue weighted by Gasteiger charge is 2.34. The van der Waals surface area contributed by atoms with Crippen molar-refractivity contribution in [2.24, 2.45) is 0 Å². The van der Waals surface area contributed by atoms with Crippen LogP contribution in [0.2, 0.25) is 0 Å². The fraction of sp³-hybridized carbons (Fsp3) is 0. The Kier molecular flexibility index (Phi) is 12.4. The first-order valence-electron chi connectivity index (χ1n) is 26.7. The van der Waals surface area contributed by atoms with Crippen molar-refractivity contribution in [1.29, 1.82) is 0 Å². The van der Waals surface area contributed by atoms with Gasteiger partial charge in [0.05, 0.1) is 56.9 Å². The summed E-state index contributed by atoms with van der Waals surface area (Å²) in [6.07, 6.45) is 0. The van der Waals surface area contributed by atoms with E-state index in [1.54, 1.807) is 0 Å². The highest BCUT2D eigenvalue weighted by Crippen LogP contribution is 2.56. The molecule has 0 saturated carbocycles. The fourth-order valence-electron chi connectivity index (χ4n) is 10.6. The third-order valence-corrected chi connectivity index (χ3v) is 14.4. The van der Waals surface area contributed by atoms with E-state index in [2.05, 4.69) is 216 Å². The second kappa shape index (κ2) is 20.9. The summed E-state index contributed by atoms with van der Waals surface area (Å²) in [7, 11) is 0. The number of para-hydroxylation sites is 4. The van der Waals surface area contributed by atoms with Crippen LogP contribution in [0.25, 0.3) is 102 Å². The number of hydrogen-bond donors (Lipinski definition) is 0.